The van der Waals surface area contributed by atoms with E-state index in [4.69, 9.17) is 4.42 Å². The van der Waals surface area contributed by atoms with Crippen LogP contribution in [0.2, 0.25) is 0 Å². The molecular formula is C7H8OS. The largest absolute Gasteiger partial charge is 0.465 e. The van der Waals surface area contributed by atoms with Gasteiger partial charge in [-0.05, 0) is 19.1 Å². The average Bonchev–Trinajstić information content (AvgIpc) is 2.58. The topological polar surface area (TPSA) is 13.1 Å². The van der Waals surface area contributed by atoms with Gasteiger partial charge in [-0.15, -0.1) is 11.8 Å². The number of hydrogen-bond donors (Lipinski definition) is 0. The van der Waals surface area contributed by atoms with Crippen molar-refractivity contribution in [1.82, 2.24) is 0 Å². The van der Waals surface area contributed by atoms with Crippen molar-refractivity contribution in [2.75, 3.05) is 5.75 Å². The SMILES string of the molecule is Cc1ccc(C2CS2)o1. The lowest BCUT2D eigenvalue weighted by Crippen LogP contribution is -1.68. The predicted octanol–water partition coefficient (Wildman–Crippen LogP) is 2.38. The third-order valence-corrected chi connectivity index (χ3v) is 2.31. The molecule has 0 aliphatic carbocycles. The molecular weight excluding hydrogens is 132 g/mol. The van der Waals surface area contributed by atoms with Crippen LogP contribution in [-0.2, 0) is 0 Å². The fraction of sp³-hybridized carbons (Fsp3) is 0.429. The Labute approximate surface area is 58.4 Å². The molecule has 1 atom stereocenters. The van der Waals surface area contributed by atoms with Gasteiger partial charge in [0.05, 0.1) is 5.25 Å². The Morgan fingerprint density at radius 3 is 2.89 bits per heavy atom. The van der Waals surface area contributed by atoms with E-state index in [0.29, 0.717) is 5.25 Å². The van der Waals surface area contributed by atoms with E-state index in [2.05, 4.69) is 6.07 Å². The lowest BCUT2D eigenvalue weighted by atomic mass is 10.4. The Hall–Kier alpha value is -0.370. The summed E-state index contributed by atoms with van der Waals surface area (Å²) in [6.45, 7) is 1.98. The zero-order valence-corrected chi connectivity index (χ0v) is 6.07. The summed E-state index contributed by atoms with van der Waals surface area (Å²) < 4.78 is 5.39. The molecule has 0 amide bonds. The zero-order chi connectivity index (χ0) is 6.27. The highest BCUT2D eigenvalue weighted by molar-refractivity contribution is 8.06. The normalized spacial score (nSPS) is 24.3. The van der Waals surface area contributed by atoms with E-state index < -0.39 is 0 Å². The van der Waals surface area contributed by atoms with E-state index >= 15 is 0 Å². The van der Waals surface area contributed by atoms with Crippen LogP contribution in [0.3, 0.4) is 0 Å². The van der Waals surface area contributed by atoms with Gasteiger partial charge in [0, 0.05) is 5.75 Å². The first-order valence-electron chi connectivity index (χ1n) is 3.04. The third-order valence-electron chi connectivity index (χ3n) is 1.41. The van der Waals surface area contributed by atoms with Gasteiger partial charge in [0.15, 0.2) is 0 Å². The van der Waals surface area contributed by atoms with Crippen molar-refractivity contribution in [3.05, 3.63) is 23.7 Å². The number of rotatable bonds is 1. The van der Waals surface area contributed by atoms with E-state index in [-0.39, 0.29) is 0 Å². The Kier molecular flexibility index (Phi) is 1.09. The van der Waals surface area contributed by atoms with Crippen molar-refractivity contribution in [2.24, 2.45) is 0 Å². The first kappa shape index (κ1) is 5.42. The molecule has 1 fully saturated rings. The Bertz CT molecular complexity index is 212. The molecule has 0 radical (unpaired) electrons. The van der Waals surface area contributed by atoms with Crippen molar-refractivity contribution in [3.8, 4) is 0 Å². The van der Waals surface area contributed by atoms with E-state index in [1.54, 1.807) is 0 Å². The lowest BCUT2D eigenvalue weighted by Gasteiger charge is -1.84. The minimum Gasteiger partial charge on any atom is -0.465 e. The molecule has 1 aliphatic rings. The fourth-order valence-corrected chi connectivity index (χ4v) is 1.39. The van der Waals surface area contributed by atoms with Crippen LogP contribution in [-0.4, -0.2) is 5.75 Å². The van der Waals surface area contributed by atoms with Crippen LogP contribution >= 0.6 is 11.8 Å². The molecule has 9 heavy (non-hydrogen) atoms. The predicted molar refractivity (Wildman–Crippen MR) is 38.6 cm³/mol. The molecule has 1 unspecified atom stereocenters. The second-order valence-corrected chi connectivity index (χ2v) is 3.51. The second-order valence-electron chi connectivity index (χ2n) is 2.27. The highest BCUT2D eigenvalue weighted by atomic mass is 32.2. The van der Waals surface area contributed by atoms with Crippen molar-refractivity contribution in [1.29, 1.82) is 0 Å². The highest BCUT2D eigenvalue weighted by Gasteiger charge is 2.27. The Morgan fingerprint density at radius 1 is 1.67 bits per heavy atom. The molecule has 1 saturated heterocycles. The number of aryl methyl sites for hydroxylation is 1. The molecule has 2 rings (SSSR count). The van der Waals surface area contributed by atoms with Crippen molar-refractivity contribution >= 4 is 11.8 Å². The van der Waals surface area contributed by atoms with Crippen LogP contribution in [0, 0.1) is 6.92 Å². The van der Waals surface area contributed by atoms with Gasteiger partial charge in [-0.2, -0.15) is 0 Å². The maximum Gasteiger partial charge on any atom is 0.117 e. The van der Waals surface area contributed by atoms with Crippen LogP contribution in [0.15, 0.2) is 16.5 Å². The van der Waals surface area contributed by atoms with Gasteiger partial charge in [-0.25, -0.2) is 0 Å². The molecule has 1 nitrogen and oxygen atoms in total. The molecule has 48 valence electrons. The van der Waals surface area contributed by atoms with Gasteiger partial charge in [-0.1, -0.05) is 0 Å². The number of furan rings is 1. The molecule has 1 aliphatic heterocycles. The number of thioether (sulfide) groups is 1. The van der Waals surface area contributed by atoms with E-state index in [1.165, 1.54) is 5.75 Å². The monoisotopic (exact) mass is 140 g/mol. The molecule has 1 aromatic rings. The van der Waals surface area contributed by atoms with E-state index in [9.17, 15) is 0 Å². The third kappa shape index (κ3) is 0.990. The van der Waals surface area contributed by atoms with Crippen LogP contribution in [0.4, 0.5) is 0 Å². The molecule has 0 bridgehead atoms. The molecule has 0 N–H and O–H groups in total. The van der Waals surface area contributed by atoms with E-state index in [1.807, 2.05) is 24.8 Å². The summed E-state index contributed by atoms with van der Waals surface area (Å²) in [4.78, 5) is 0. The Morgan fingerprint density at radius 2 is 2.44 bits per heavy atom. The summed E-state index contributed by atoms with van der Waals surface area (Å²) in [7, 11) is 0. The standard InChI is InChI=1S/C7H8OS/c1-5-2-3-6(8-5)7-4-9-7/h2-3,7H,4H2,1H3. The maximum atomic E-state index is 5.39. The summed E-state index contributed by atoms with van der Waals surface area (Å²) in [6, 6.07) is 4.09. The highest BCUT2D eigenvalue weighted by Crippen LogP contribution is 2.46. The van der Waals surface area contributed by atoms with E-state index in [0.717, 1.165) is 11.5 Å². The van der Waals surface area contributed by atoms with Crippen LogP contribution in [0.1, 0.15) is 16.8 Å². The quantitative estimate of drug-likeness (QED) is 0.555. The average molecular weight is 140 g/mol. The van der Waals surface area contributed by atoms with Gasteiger partial charge >= 0.3 is 0 Å². The first-order chi connectivity index (χ1) is 4.36. The summed E-state index contributed by atoms with van der Waals surface area (Å²) in [5.74, 6) is 3.42. The fourth-order valence-electron chi connectivity index (χ4n) is 0.839. The summed E-state index contributed by atoms with van der Waals surface area (Å²) in [5.41, 5.74) is 0. The van der Waals surface area contributed by atoms with Crippen LogP contribution in [0.5, 0.6) is 0 Å². The lowest BCUT2D eigenvalue weighted by molar-refractivity contribution is 0.493. The van der Waals surface area contributed by atoms with Crippen LogP contribution in [0.25, 0.3) is 0 Å². The summed E-state index contributed by atoms with van der Waals surface area (Å²) in [5, 5.41) is 0.679. The van der Waals surface area contributed by atoms with Gasteiger partial charge < -0.3 is 4.42 Å². The van der Waals surface area contributed by atoms with Gasteiger partial charge in [0.1, 0.15) is 11.5 Å². The zero-order valence-electron chi connectivity index (χ0n) is 5.26. The van der Waals surface area contributed by atoms with Crippen molar-refractivity contribution < 1.29 is 4.42 Å². The molecule has 0 saturated carbocycles. The minimum absolute atomic E-state index is 0.679. The molecule has 2 heteroatoms. The summed E-state index contributed by atoms with van der Waals surface area (Å²) >= 11 is 1.94. The van der Waals surface area contributed by atoms with Crippen LogP contribution < -0.4 is 0 Å². The molecule has 2 heterocycles. The molecule has 0 spiro atoms. The minimum atomic E-state index is 0.679. The van der Waals surface area contributed by atoms with Gasteiger partial charge in [-0.3, -0.25) is 0 Å². The molecule has 0 aromatic carbocycles. The molecule has 1 aromatic heterocycles. The van der Waals surface area contributed by atoms with Crippen molar-refractivity contribution in [2.45, 2.75) is 12.2 Å². The van der Waals surface area contributed by atoms with Gasteiger partial charge in [0.25, 0.3) is 0 Å². The van der Waals surface area contributed by atoms with Gasteiger partial charge in [0.2, 0.25) is 0 Å². The maximum absolute atomic E-state index is 5.39. The Balaban J connectivity index is 2.28. The number of hydrogen-bond acceptors (Lipinski definition) is 2. The summed E-state index contributed by atoms with van der Waals surface area (Å²) in [6.07, 6.45) is 0. The smallest absolute Gasteiger partial charge is 0.117 e. The first-order valence-corrected chi connectivity index (χ1v) is 4.09. The van der Waals surface area contributed by atoms with Crippen molar-refractivity contribution in [3.63, 3.8) is 0 Å². The second kappa shape index (κ2) is 1.81.